The maximum Gasteiger partial charge on any atom is 0.358 e. The van der Waals surface area contributed by atoms with Crippen molar-refractivity contribution >= 4 is 48.6 Å². The number of azo groups is 1. The molecule has 3 unspecified atom stereocenters. The molecule has 3 aromatic heterocycles. The molecule has 17 heteroatoms. The van der Waals surface area contributed by atoms with Crippen molar-refractivity contribution in [1.29, 1.82) is 0 Å². The molecule has 0 radical (unpaired) electrons. The molecule has 4 fully saturated rings. The molecule has 374 valence electrons. The Labute approximate surface area is 424 Å². The number of ether oxygens (including phenoxy) is 3. The predicted octanol–water partition coefficient (Wildman–Crippen LogP) is 11.4. The minimum absolute atomic E-state index is 0.0427. The number of nitrogens with one attached hydrogen (secondary N) is 1. The number of pyridine rings is 1. The summed E-state index contributed by atoms with van der Waals surface area (Å²) in [6, 6.07) is 26.0. The van der Waals surface area contributed by atoms with E-state index in [1.165, 1.54) is 0 Å². The van der Waals surface area contributed by atoms with Crippen LogP contribution in [-0.2, 0) is 36.9 Å². The van der Waals surface area contributed by atoms with E-state index in [1.54, 1.807) is 42.7 Å². The van der Waals surface area contributed by atoms with Crippen LogP contribution in [0.3, 0.4) is 0 Å². The lowest BCUT2D eigenvalue weighted by Gasteiger charge is -2.69. The number of carbonyl (C=O) groups is 1. The van der Waals surface area contributed by atoms with Crippen molar-refractivity contribution in [2.45, 2.75) is 109 Å². The van der Waals surface area contributed by atoms with Crippen molar-refractivity contribution in [2.75, 3.05) is 37.1 Å². The topological polar surface area (TPSA) is 172 Å². The predicted molar refractivity (Wildman–Crippen MR) is 276 cm³/mol. The summed E-state index contributed by atoms with van der Waals surface area (Å²) in [6.07, 6.45) is 8.80. The summed E-state index contributed by atoms with van der Waals surface area (Å²) in [7, 11) is -2.30. The van der Waals surface area contributed by atoms with E-state index < -0.39 is 27.9 Å². The number of thiazole rings is 1. The fraction of sp³-hybridized carbons (Fsp3) is 0.418. The molecule has 1 N–H and O–H groups in total. The molecule has 2 aliphatic heterocycles. The fourth-order valence-electron chi connectivity index (χ4n) is 13.4. The minimum Gasteiger partial charge on any atom is -0.497 e. The second kappa shape index (κ2) is 18.3. The Morgan fingerprint density at radius 1 is 0.889 bits per heavy atom. The zero-order valence-electron chi connectivity index (χ0n) is 41.4. The number of methoxy groups -OCH3 is 1. The Bertz CT molecular complexity index is 3220. The number of para-hydroxylation sites is 1. The van der Waals surface area contributed by atoms with Gasteiger partial charge in [0.05, 0.1) is 47.2 Å². The zero-order valence-corrected chi connectivity index (χ0v) is 43.1. The first-order chi connectivity index (χ1) is 34.5. The van der Waals surface area contributed by atoms with E-state index in [2.05, 4.69) is 42.5 Å². The fourth-order valence-corrected chi connectivity index (χ4v) is 15.2. The van der Waals surface area contributed by atoms with Crippen LogP contribution in [0.4, 0.5) is 10.9 Å². The first kappa shape index (κ1) is 48.0. The molecular formula is C55H60N8O7S2. The van der Waals surface area contributed by atoms with Gasteiger partial charge in [0.15, 0.2) is 22.8 Å². The van der Waals surface area contributed by atoms with Crippen molar-refractivity contribution in [2.24, 2.45) is 26.5 Å². The third-order valence-electron chi connectivity index (χ3n) is 15.3. The smallest absolute Gasteiger partial charge is 0.358 e. The van der Waals surface area contributed by atoms with E-state index >= 15 is 0 Å². The number of carbonyl (C=O) groups excluding carboxylic acids is 1. The Morgan fingerprint density at radius 3 is 2.40 bits per heavy atom. The van der Waals surface area contributed by atoms with Gasteiger partial charge in [-0.05, 0) is 141 Å². The Hall–Kier alpha value is -6.27. The maximum atomic E-state index is 14.5. The van der Waals surface area contributed by atoms with Crippen molar-refractivity contribution in [3.63, 3.8) is 0 Å². The molecule has 4 aliphatic carbocycles. The molecule has 15 nitrogen and oxygen atoms in total. The summed E-state index contributed by atoms with van der Waals surface area (Å²) in [4.78, 5) is 26.5. The summed E-state index contributed by atoms with van der Waals surface area (Å²) in [5, 5.41) is 18.7. The Kier molecular flexibility index (Phi) is 12.2. The van der Waals surface area contributed by atoms with Crippen LogP contribution < -0.4 is 15.0 Å². The van der Waals surface area contributed by atoms with Crippen LogP contribution in [0.25, 0.3) is 21.3 Å². The van der Waals surface area contributed by atoms with Crippen molar-refractivity contribution < 1.29 is 31.6 Å². The highest BCUT2D eigenvalue weighted by atomic mass is 32.2. The van der Waals surface area contributed by atoms with E-state index in [0.717, 1.165) is 100 Å². The van der Waals surface area contributed by atoms with Crippen molar-refractivity contribution in [3.05, 3.63) is 137 Å². The van der Waals surface area contributed by atoms with Crippen molar-refractivity contribution in [3.8, 4) is 16.9 Å². The van der Waals surface area contributed by atoms with Crippen molar-refractivity contribution in [1.82, 2.24) is 19.7 Å². The zero-order chi connectivity index (χ0) is 50.0. The summed E-state index contributed by atoms with van der Waals surface area (Å²) in [5.41, 5.74) is 6.57. The van der Waals surface area contributed by atoms with Crippen LogP contribution in [0, 0.1) is 30.1 Å². The molecule has 3 aromatic carbocycles. The third-order valence-corrected chi connectivity index (χ3v) is 17.6. The molecule has 5 heterocycles. The van der Waals surface area contributed by atoms with Gasteiger partial charge in [-0.3, -0.25) is 8.86 Å². The van der Waals surface area contributed by atoms with Crippen LogP contribution in [0.15, 0.2) is 130 Å². The van der Waals surface area contributed by atoms with Gasteiger partial charge in [-0.2, -0.15) is 18.6 Å². The van der Waals surface area contributed by atoms with E-state index in [4.69, 9.17) is 38.6 Å². The second-order valence-corrected chi connectivity index (χ2v) is 24.1. The first-order valence-electron chi connectivity index (χ1n) is 24.7. The summed E-state index contributed by atoms with van der Waals surface area (Å²) in [5.74, 6) is 1.36. The molecule has 4 bridgehead atoms. The molecular weight excluding hydrogens is 949 g/mol. The average Bonchev–Trinajstić information content (AvgIpc) is 3.93. The monoisotopic (exact) mass is 1010 g/mol. The average molecular weight is 1010 g/mol. The standard InChI is InChI=1S/C55H60N8O7S2/c1-35-13-19-40(20-14-35)72(65,66)70-25-24-69-55-31-52(4)28-53(5,32-55)30-54(29-52,33-55)34-63-37(3)43(26-56-63)42-21-22-46(58-47(42)50(64)68-27-38-15-17-39(67-6)18-16-38)62-23-9-10-41-36(2)48(60-61-49(41)62)59-51-57-44-11-7-8-12-45(44)71-51/h7-8,11-22,26,48H,2,9-10,23-25,27-34H2,1,3-6H3,(H,57,59). The first-order valence-corrected chi connectivity index (χ1v) is 26.9. The van der Waals surface area contributed by atoms with Gasteiger partial charge in [-0.1, -0.05) is 73.7 Å². The van der Waals surface area contributed by atoms with Crippen LogP contribution in [0.5, 0.6) is 5.75 Å². The number of aromatic nitrogens is 4. The van der Waals surface area contributed by atoms with Gasteiger partial charge in [0.2, 0.25) is 0 Å². The SMILES string of the molecule is C=C1C2=C(N=NC1Nc1nc3ccccc3s1)N(c1ccc(-c3cnn(CC45CC6(C)CC(C)(C4)CC(OCCOS(=O)(=O)c4ccc(C)cc4)(C6)C5)c3C)c(C(=O)OCc3ccc(OC)cc3)n1)CCC2. The van der Waals surface area contributed by atoms with Gasteiger partial charge in [-0.15, -0.1) is 5.11 Å². The van der Waals surface area contributed by atoms with Crippen LogP contribution >= 0.6 is 11.3 Å². The summed E-state index contributed by atoms with van der Waals surface area (Å²) in [6.45, 7) is 14.7. The highest BCUT2D eigenvalue weighted by molar-refractivity contribution is 7.86. The highest BCUT2D eigenvalue weighted by Gasteiger charge is 2.66. The van der Waals surface area contributed by atoms with Gasteiger partial charge in [0, 0.05) is 35.5 Å². The number of hydrogen-bond acceptors (Lipinski definition) is 15. The molecule has 72 heavy (non-hydrogen) atoms. The van der Waals surface area contributed by atoms with Gasteiger partial charge < -0.3 is 24.4 Å². The van der Waals surface area contributed by atoms with E-state index in [9.17, 15) is 13.2 Å². The van der Waals surface area contributed by atoms with E-state index in [1.807, 2.05) is 78.7 Å². The molecule has 6 aromatic rings. The van der Waals surface area contributed by atoms with Gasteiger partial charge >= 0.3 is 5.97 Å². The molecule has 4 saturated carbocycles. The normalized spacial score (nSPS) is 25.5. The lowest BCUT2D eigenvalue weighted by molar-refractivity contribution is -0.249. The number of hydrogen-bond donors (Lipinski definition) is 1. The van der Waals surface area contributed by atoms with Gasteiger partial charge in [0.25, 0.3) is 10.1 Å². The number of fused-ring (bicyclic) bond motifs is 1. The molecule has 0 spiro atoms. The van der Waals surface area contributed by atoms with E-state index in [0.29, 0.717) is 36.0 Å². The lowest BCUT2D eigenvalue weighted by Crippen LogP contribution is -2.64. The Balaban J connectivity index is 0.856. The van der Waals surface area contributed by atoms with Crippen LogP contribution in [0.2, 0.25) is 0 Å². The molecule has 0 amide bonds. The number of benzene rings is 3. The molecule has 0 saturated heterocycles. The highest BCUT2D eigenvalue weighted by Crippen LogP contribution is 2.72. The number of nitrogens with zero attached hydrogens (tertiary/aromatic N) is 7. The Morgan fingerprint density at radius 2 is 1.65 bits per heavy atom. The van der Waals surface area contributed by atoms with Gasteiger partial charge in [-0.25, -0.2) is 14.8 Å². The van der Waals surface area contributed by atoms with Crippen LogP contribution in [-0.4, -0.2) is 72.8 Å². The number of esters is 1. The van der Waals surface area contributed by atoms with Gasteiger partial charge in [0.1, 0.15) is 18.2 Å². The number of rotatable bonds is 16. The van der Waals surface area contributed by atoms with Crippen LogP contribution in [0.1, 0.15) is 92.5 Å². The molecule has 3 atom stereocenters. The van der Waals surface area contributed by atoms with E-state index in [-0.39, 0.29) is 46.7 Å². The molecule has 6 aliphatic rings. The largest absolute Gasteiger partial charge is 0.497 e. The second-order valence-electron chi connectivity index (χ2n) is 21.4. The maximum absolute atomic E-state index is 14.5. The number of anilines is 2. The quantitative estimate of drug-likeness (QED) is 0.0553. The third kappa shape index (κ3) is 9.24. The summed E-state index contributed by atoms with van der Waals surface area (Å²) >= 11 is 1.57. The lowest BCUT2D eigenvalue weighted by atomic mass is 9.39. The molecule has 12 rings (SSSR count). The minimum atomic E-state index is -3.91. The summed E-state index contributed by atoms with van der Waals surface area (Å²) < 4.78 is 52.9. The number of aryl methyl sites for hydroxylation is 1.